The van der Waals surface area contributed by atoms with E-state index in [1.807, 2.05) is 36.5 Å². The van der Waals surface area contributed by atoms with Crippen LogP contribution >= 0.6 is 0 Å². The Kier molecular flexibility index (Phi) is 4.85. The second kappa shape index (κ2) is 7.46. The van der Waals surface area contributed by atoms with Crippen LogP contribution in [0.5, 0.6) is 0 Å². The number of aromatic nitrogens is 2. The van der Waals surface area contributed by atoms with E-state index in [0.29, 0.717) is 19.3 Å². The molecular formula is C20H23N5O3. The minimum absolute atomic E-state index is 0.157. The molecule has 146 valence electrons. The summed E-state index contributed by atoms with van der Waals surface area (Å²) >= 11 is 0. The van der Waals surface area contributed by atoms with Crippen molar-refractivity contribution in [3.05, 3.63) is 48.3 Å². The summed E-state index contributed by atoms with van der Waals surface area (Å²) in [5, 5.41) is 7.93. The van der Waals surface area contributed by atoms with Gasteiger partial charge in [-0.25, -0.2) is 9.48 Å². The molecule has 2 fully saturated rings. The lowest BCUT2D eigenvalue weighted by atomic mass is 9.82. The van der Waals surface area contributed by atoms with E-state index in [-0.39, 0.29) is 18.2 Å². The van der Waals surface area contributed by atoms with Crippen molar-refractivity contribution in [2.24, 2.45) is 0 Å². The van der Waals surface area contributed by atoms with Crippen molar-refractivity contribution in [2.45, 2.75) is 50.5 Å². The molecule has 2 N–H and O–H groups in total. The summed E-state index contributed by atoms with van der Waals surface area (Å²) in [7, 11) is 0. The Morgan fingerprint density at radius 1 is 1.14 bits per heavy atom. The first kappa shape index (κ1) is 18.2. The molecular weight excluding hydrogens is 358 g/mol. The predicted molar refractivity (Wildman–Crippen MR) is 101 cm³/mol. The molecule has 1 spiro atoms. The van der Waals surface area contributed by atoms with E-state index in [2.05, 4.69) is 15.8 Å². The number of urea groups is 1. The number of carbonyl (C=O) groups excluding carboxylic acids is 3. The molecule has 1 aromatic heterocycles. The van der Waals surface area contributed by atoms with E-state index in [1.165, 1.54) is 0 Å². The van der Waals surface area contributed by atoms with E-state index in [0.717, 1.165) is 35.5 Å². The van der Waals surface area contributed by atoms with Gasteiger partial charge in [0, 0.05) is 12.6 Å². The van der Waals surface area contributed by atoms with Crippen LogP contribution in [-0.2, 0) is 16.0 Å². The maximum Gasteiger partial charge on any atom is 0.344 e. The zero-order valence-corrected chi connectivity index (χ0v) is 15.6. The zero-order valence-electron chi connectivity index (χ0n) is 15.6. The first-order valence-corrected chi connectivity index (χ1v) is 9.63. The molecule has 1 saturated heterocycles. The fraction of sp³-hybridized carbons (Fsp3) is 0.400. The normalized spacial score (nSPS) is 18.4. The maximum absolute atomic E-state index is 12.7. The smallest absolute Gasteiger partial charge is 0.322 e. The summed E-state index contributed by atoms with van der Waals surface area (Å²) < 4.78 is 1.75. The maximum atomic E-state index is 12.7. The van der Waals surface area contributed by atoms with Crippen LogP contribution in [0.25, 0.3) is 5.69 Å². The molecule has 0 unspecified atom stereocenters. The lowest BCUT2D eigenvalue weighted by Gasteiger charge is -2.30. The number of nitrogens with zero attached hydrogens (tertiary/aromatic N) is 3. The van der Waals surface area contributed by atoms with E-state index in [1.54, 1.807) is 10.9 Å². The van der Waals surface area contributed by atoms with Crippen molar-refractivity contribution in [3.63, 3.8) is 0 Å². The van der Waals surface area contributed by atoms with Crippen molar-refractivity contribution < 1.29 is 14.4 Å². The van der Waals surface area contributed by atoms with E-state index in [9.17, 15) is 14.4 Å². The minimum atomic E-state index is -0.834. The molecule has 2 aromatic rings. The highest BCUT2D eigenvalue weighted by Gasteiger charge is 2.52. The Morgan fingerprint density at radius 3 is 2.64 bits per heavy atom. The molecule has 2 aliphatic rings. The lowest BCUT2D eigenvalue weighted by Crippen LogP contribution is -2.50. The van der Waals surface area contributed by atoms with Gasteiger partial charge < -0.3 is 5.32 Å². The van der Waals surface area contributed by atoms with Gasteiger partial charge in [-0.2, -0.15) is 10.1 Å². The highest BCUT2D eigenvalue weighted by Crippen LogP contribution is 2.33. The molecule has 1 saturated carbocycles. The van der Waals surface area contributed by atoms with Gasteiger partial charge >= 0.3 is 6.03 Å². The van der Waals surface area contributed by atoms with Gasteiger partial charge in [-0.3, -0.25) is 15.0 Å². The van der Waals surface area contributed by atoms with Crippen LogP contribution < -0.4 is 10.7 Å². The topological polar surface area (TPSA) is 96.3 Å². The molecule has 0 radical (unpaired) electrons. The fourth-order valence-corrected chi connectivity index (χ4v) is 3.87. The largest absolute Gasteiger partial charge is 0.344 e. The van der Waals surface area contributed by atoms with Crippen LogP contribution in [0.1, 0.15) is 44.1 Å². The Morgan fingerprint density at radius 2 is 1.89 bits per heavy atom. The molecule has 28 heavy (non-hydrogen) atoms. The Bertz CT molecular complexity index is 886. The lowest BCUT2D eigenvalue weighted by molar-refractivity contribution is -0.139. The molecule has 1 aliphatic heterocycles. The van der Waals surface area contributed by atoms with Gasteiger partial charge in [-0.15, -0.1) is 0 Å². The summed E-state index contributed by atoms with van der Waals surface area (Å²) in [5.41, 5.74) is 3.47. The summed E-state index contributed by atoms with van der Waals surface area (Å²) in [6.45, 7) is 0. The standard InChI is InChI=1S/C20H23N5O3/c26-17(10-9-15-13-21-24(14-15)16-7-3-1-4-8-16)23-25-18(27)20(22-19(25)28)11-5-2-6-12-20/h1,3-4,7-8,13-14H,2,5-6,9-12H2,(H,22,28)(H,23,26). The van der Waals surface area contributed by atoms with Crippen molar-refractivity contribution in [3.8, 4) is 5.69 Å². The van der Waals surface area contributed by atoms with Crippen LogP contribution in [0.4, 0.5) is 4.79 Å². The molecule has 0 atom stereocenters. The third-order valence-electron chi connectivity index (χ3n) is 5.40. The number of rotatable bonds is 5. The van der Waals surface area contributed by atoms with Crippen molar-refractivity contribution in [2.75, 3.05) is 0 Å². The van der Waals surface area contributed by atoms with Crippen LogP contribution in [0.15, 0.2) is 42.7 Å². The monoisotopic (exact) mass is 381 g/mol. The molecule has 8 nitrogen and oxygen atoms in total. The zero-order chi connectivity index (χ0) is 19.6. The van der Waals surface area contributed by atoms with Crippen molar-refractivity contribution in [1.29, 1.82) is 0 Å². The molecule has 8 heteroatoms. The van der Waals surface area contributed by atoms with Gasteiger partial charge in [0.2, 0.25) is 5.91 Å². The SMILES string of the molecule is O=C(CCc1cnn(-c2ccccc2)c1)NN1C(=O)NC2(CCCCC2)C1=O. The van der Waals surface area contributed by atoms with Crippen molar-refractivity contribution >= 4 is 17.8 Å². The van der Waals surface area contributed by atoms with Crippen LogP contribution in [-0.4, -0.2) is 38.2 Å². The Balaban J connectivity index is 1.33. The number of aryl methyl sites for hydroxylation is 1. The van der Waals surface area contributed by atoms with E-state index in [4.69, 9.17) is 0 Å². The average Bonchev–Trinajstić information content (AvgIpc) is 3.27. The van der Waals surface area contributed by atoms with Gasteiger partial charge in [0.15, 0.2) is 0 Å². The van der Waals surface area contributed by atoms with E-state index < -0.39 is 11.6 Å². The van der Waals surface area contributed by atoms with E-state index >= 15 is 0 Å². The summed E-state index contributed by atoms with van der Waals surface area (Å²) in [6, 6.07) is 9.15. The van der Waals surface area contributed by atoms with Crippen LogP contribution in [0, 0.1) is 0 Å². The number of para-hydroxylation sites is 1. The van der Waals surface area contributed by atoms with Gasteiger partial charge in [0.1, 0.15) is 5.54 Å². The number of hydrogen-bond donors (Lipinski definition) is 2. The third kappa shape index (κ3) is 3.49. The van der Waals surface area contributed by atoms with Crippen LogP contribution in [0.2, 0.25) is 0 Å². The summed E-state index contributed by atoms with van der Waals surface area (Å²) in [6.07, 6.45) is 8.33. The number of nitrogens with one attached hydrogen (secondary N) is 2. The van der Waals surface area contributed by atoms with Gasteiger partial charge in [-0.05, 0) is 37.0 Å². The van der Waals surface area contributed by atoms with Gasteiger partial charge in [0.25, 0.3) is 5.91 Å². The summed E-state index contributed by atoms with van der Waals surface area (Å²) in [5.74, 6) is -0.716. The third-order valence-corrected chi connectivity index (χ3v) is 5.40. The van der Waals surface area contributed by atoms with Gasteiger partial charge in [0.05, 0.1) is 11.9 Å². The van der Waals surface area contributed by atoms with Crippen molar-refractivity contribution in [1.82, 2.24) is 25.5 Å². The number of benzene rings is 1. The second-order valence-corrected chi connectivity index (χ2v) is 7.38. The minimum Gasteiger partial charge on any atom is -0.322 e. The fourth-order valence-electron chi connectivity index (χ4n) is 3.87. The first-order valence-electron chi connectivity index (χ1n) is 9.63. The molecule has 2 heterocycles. The molecule has 0 bridgehead atoms. The number of hydrogen-bond acceptors (Lipinski definition) is 4. The highest BCUT2D eigenvalue weighted by atomic mass is 16.2. The first-order chi connectivity index (χ1) is 13.6. The van der Waals surface area contributed by atoms with Crippen LogP contribution in [0.3, 0.4) is 0 Å². The number of carbonyl (C=O) groups is 3. The molecule has 4 amide bonds. The number of amides is 4. The number of imide groups is 1. The molecule has 4 rings (SSSR count). The molecule has 1 aromatic carbocycles. The van der Waals surface area contributed by atoms with Gasteiger partial charge in [-0.1, -0.05) is 37.5 Å². The second-order valence-electron chi connectivity index (χ2n) is 7.38. The number of hydrazine groups is 1. The Labute approximate surface area is 162 Å². The summed E-state index contributed by atoms with van der Waals surface area (Å²) in [4.78, 5) is 37.2. The quantitative estimate of drug-likeness (QED) is 0.775. The molecule has 1 aliphatic carbocycles. The predicted octanol–water partition coefficient (Wildman–Crippen LogP) is 2.09. The Hall–Kier alpha value is -3.16. The highest BCUT2D eigenvalue weighted by molar-refractivity contribution is 6.08. The average molecular weight is 381 g/mol.